The molecule has 13 heteroatoms. The molecule has 0 unspecified atom stereocenters. The van der Waals surface area contributed by atoms with Crippen LogP contribution in [0.1, 0.15) is 16.8 Å². The van der Waals surface area contributed by atoms with Gasteiger partial charge in [0.2, 0.25) is 0 Å². The van der Waals surface area contributed by atoms with Crippen LogP contribution in [0, 0.1) is 13.8 Å². The molecule has 0 spiro atoms. The van der Waals surface area contributed by atoms with Gasteiger partial charge in [-0.2, -0.15) is 3.97 Å². The Morgan fingerprint density at radius 3 is 2.27 bits per heavy atom. The first kappa shape index (κ1) is 22.5. The molecule has 3 aromatic rings. The number of aromatic nitrogens is 3. The minimum atomic E-state index is -10.7. The number of fused-ring (bicyclic) bond motifs is 5. The van der Waals surface area contributed by atoms with Crippen molar-refractivity contribution in [3.63, 3.8) is 0 Å². The van der Waals surface area contributed by atoms with E-state index < -0.39 is 7.81 Å². The fourth-order valence-corrected chi connectivity index (χ4v) is 4.31. The number of nitrogens with zero attached hydrogens (tertiary/aromatic N) is 3. The second kappa shape index (κ2) is 6.65. The third-order valence-electron chi connectivity index (χ3n) is 4.30. The van der Waals surface area contributed by atoms with Gasteiger partial charge in [0.15, 0.2) is 11.0 Å². The monoisotopic (exact) mass is 473 g/mol. The number of imidazole rings is 1. The molecule has 4 rings (SSSR count). The first-order valence-electron chi connectivity index (χ1n) is 8.44. The molecule has 0 aliphatic carbocycles. The number of methoxy groups -OCH3 is 2. The molecule has 1 aromatic carbocycles. The number of halogens is 6. The summed E-state index contributed by atoms with van der Waals surface area (Å²) in [5, 5.41) is 0. The number of aryl methyl sites for hydroxylation is 1. The summed E-state index contributed by atoms with van der Waals surface area (Å²) >= 11 is 1.76. The van der Waals surface area contributed by atoms with Gasteiger partial charge in [-0.1, -0.05) is 4.98 Å². The van der Waals surface area contributed by atoms with Crippen molar-refractivity contribution in [1.29, 1.82) is 0 Å². The van der Waals surface area contributed by atoms with Gasteiger partial charge in [-0.25, -0.2) is 4.57 Å². The second-order valence-electron chi connectivity index (χ2n) is 6.58. The van der Waals surface area contributed by atoms with E-state index in [0.29, 0.717) is 0 Å². The van der Waals surface area contributed by atoms with E-state index in [4.69, 9.17) is 14.5 Å². The van der Waals surface area contributed by atoms with E-state index in [2.05, 4.69) is 34.7 Å². The summed E-state index contributed by atoms with van der Waals surface area (Å²) in [6, 6.07) is 6.01. The number of ether oxygens (including phenoxy) is 2. The van der Waals surface area contributed by atoms with E-state index in [1.54, 1.807) is 26.2 Å². The van der Waals surface area contributed by atoms with Crippen LogP contribution in [0.15, 0.2) is 24.4 Å². The number of hydrogen-bond acceptors (Lipinski definition) is 4. The van der Waals surface area contributed by atoms with Crippen LogP contribution in [-0.4, -0.2) is 23.2 Å². The Morgan fingerprint density at radius 2 is 1.70 bits per heavy atom. The maximum atomic E-state index is 9.87. The van der Waals surface area contributed by atoms with Gasteiger partial charge >= 0.3 is 38.9 Å². The summed E-state index contributed by atoms with van der Waals surface area (Å²) in [4.78, 5) is 4.83. The molecule has 2 aromatic heterocycles. The Kier molecular flexibility index (Phi) is 4.98. The van der Waals surface area contributed by atoms with Gasteiger partial charge in [0.25, 0.3) is 0 Å². The van der Waals surface area contributed by atoms with Gasteiger partial charge in [-0.05, 0) is 26.0 Å². The van der Waals surface area contributed by atoms with Crippen LogP contribution in [0.5, 0.6) is 11.5 Å². The Balaban J connectivity index is 0.000000318. The molecule has 0 N–H and O–H groups in total. The molecule has 166 valence electrons. The summed E-state index contributed by atoms with van der Waals surface area (Å²) < 4.78 is 74.4. The zero-order chi connectivity index (χ0) is 22.5. The van der Waals surface area contributed by atoms with Crippen LogP contribution in [0.25, 0.3) is 17.0 Å². The fourth-order valence-electron chi connectivity index (χ4n) is 3.17. The fraction of sp³-hybridized carbons (Fsp3) is 0.294. The summed E-state index contributed by atoms with van der Waals surface area (Å²) in [6.07, 6.45) is 2.11. The van der Waals surface area contributed by atoms with Crippen molar-refractivity contribution >= 4 is 30.8 Å². The van der Waals surface area contributed by atoms with Crippen molar-refractivity contribution in [2.45, 2.75) is 19.6 Å². The Hall–Kier alpha value is -2.20. The molecule has 0 bridgehead atoms. The molecular weight excluding hydrogens is 455 g/mol. The number of hydrogen-bond donors (Lipinski definition) is 0. The van der Waals surface area contributed by atoms with Crippen molar-refractivity contribution in [3.05, 3.63) is 41.2 Å². The molecule has 3 heterocycles. The minimum absolute atomic E-state index is 0.824. The molecule has 30 heavy (non-hydrogen) atoms. The van der Waals surface area contributed by atoms with Gasteiger partial charge in [0.05, 0.1) is 26.2 Å². The SMILES string of the molecule is COc1ccc2c(c1)nc1n2SCc2c(C)c(OC)c(C)c[n+]2-1.F[P-](F)(F)(F)(F)F. The molecular formula is C17H18F6N3O2PS. The Morgan fingerprint density at radius 1 is 1.07 bits per heavy atom. The van der Waals surface area contributed by atoms with Crippen LogP contribution in [0.2, 0.25) is 0 Å². The van der Waals surface area contributed by atoms with Crippen LogP contribution < -0.4 is 14.0 Å². The molecule has 0 saturated heterocycles. The molecule has 0 radical (unpaired) electrons. The van der Waals surface area contributed by atoms with E-state index in [-0.39, 0.29) is 0 Å². The van der Waals surface area contributed by atoms with E-state index >= 15 is 0 Å². The predicted octanol–water partition coefficient (Wildman–Crippen LogP) is 6.34. The van der Waals surface area contributed by atoms with Crippen molar-refractivity contribution < 1.29 is 39.2 Å². The number of benzene rings is 1. The van der Waals surface area contributed by atoms with E-state index in [1.807, 2.05) is 12.1 Å². The summed E-state index contributed by atoms with van der Waals surface area (Å²) in [7, 11) is -7.26. The predicted molar refractivity (Wildman–Crippen MR) is 104 cm³/mol. The van der Waals surface area contributed by atoms with Crippen LogP contribution >= 0.6 is 19.8 Å². The van der Waals surface area contributed by atoms with E-state index in [1.165, 1.54) is 11.3 Å². The summed E-state index contributed by atoms with van der Waals surface area (Å²) in [6.45, 7) is 4.18. The second-order valence-corrected chi connectivity index (χ2v) is 9.41. The van der Waals surface area contributed by atoms with Gasteiger partial charge in [-0.15, -0.1) is 0 Å². The van der Waals surface area contributed by atoms with Gasteiger partial charge in [-0.3, -0.25) is 0 Å². The molecule has 1 aliphatic rings. The molecule has 1 aliphatic heterocycles. The first-order valence-corrected chi connectivity index (χ1v) is 11.4. The average molecular weight is 473 g/mol. The topological polar surface area (TPSA) is 40.2 Å². The van der Waals surface area contributed by atoms with E-state index in [9.17, 15) is 25.2 Å². The van der Waals surface area contributed by atoms with Crippen LogP contribution in [0.3, 0.4) is 0 Å². The Bertz CT molecular complexity index is 1140. The average Bonchev–Trinajstić information content (AvgIpc) is 2.97. The van der Waals surface area contributed by atoms with Gasteiger partial charge in [0.1, 0.15) is 17.2 Å². The Labute approximate surface area is 172 Å². The van der Waals surface area contributed by atoms with Crippen LogP contribution in [-0.2, 0) is 5.75 Å². The third-order valence-corrected chi connectivity index (χ3v) is 5.32. The molecule has 5 nitrogen and oxygen atoms in total. The standard InChI is InChI=1S/C17H18N3O2S.F6P/c1-10-8-19-15(11(2)16(10)22-4)9-23-20-14-6-5-12(21-3)7-13(14)18-17(19)20;1-7(2,3,4,5)6/h5-8H,9H2,1-4H3;/q+1;-1. The zero-order valence-electron chi connectivity index (χ0n) is 16.3. The first-order chi connectivity index (χ1) is 13.6. The van der Waals surface area contributed by atoms with Crippen molar-refractivity contribution in [3.8, 4) is 17.4 Å². The normalized spacial score (nSPS) is 15.3. The molecule has 0 amide bonds. The quantitative estimate of drug-likeness (QED) is 0.248. The molecule has 0 atom stereocenters. The maximum absolute atomic E-state index is 10.7. The van der Waals surface area contributed by atoms with Crippen molar-refractivity contribution in [2.75, 3.05) is 14.2 Å². The number of rotatable bonds is 2. The number of pyridine rings is 1. The van der Waals surface area contributed by atoms with Crippen molar-refractivity contribution in [2.24, 2.45) is 0 Å². The van der Waals surface area contributed by atoms with Gasteiger partial charge < -0.3 is 9.47 Å². The third kappa shape index (κ3) is 5.10. The van der Waals surface area contributed by atoms with Crippen LogP contribution in [0.4, 0.5) is 25.2 Å². The van der Waals surface area contributed by atoms with Gasteiger partial charge in [0, 0.05) is 29.1 Å². The zero-order valence-corrected chi connectivity index (χ0v) is 18.0. The van der Waals surface area contributed by atoms with Crippen molar-refractivity contribution in [1.82, 2.24) is 8.96 Å². The summed E-state index contributed by atoms with van der Waals surface area (Å²) in [5.41, 5.74) is 5.56. The molecule has 0 saturated carbocycles. The molecule has 0 fully saturated rings. The summed E-state index contributed by atoms with van der Waals surface area (Å²) in [5.74, 6) is 3.59. The van der Waals surface area contributed by atoms with E-state index in [0.717, 1.165) is 39.8 Å².